The molecule has 0 atom stereocenters. The van der Waals surface area contributed by atoms with Gasteiger partial charge in [0.15, 0.2) is 0 Å². The van der Waals surface area contributed by atoms with E-state index in [4.69, 9.17) is 0 Å². The Kier molecular flexibility index (Phi) is 4.41. The van der Waals surface area contributed by atoms with Crippen LogP contribution in [0.3, 0.4) is 0 Å². The topological polar surface area (TPSA) is 80.5 Å². The van der Waals surface area contributed by atoms with Crippen molar-refractivity contribution in [1.29, 1.82) is 0 Å². The van der Waals surface area contributed by atoms with E-state index in [0.29, 0.717) is 11.3 Å². The van der Waals surface area contributed by atoms with Crippen molar-refractivity contribution in [3.63, 3.8) is 0 Å². The first-order chi connectivity index (χ1) is 10.3. The van der Waals surface area contributed by atoms with Gasteiger partial charge in [0.1, 0.15) is 5.82 Å². The molecule has 2 aromatic rings. The summed E-state index contributed by atoms with van der Waals surface area (Å²) in [5.41, 5.74) is 0.451. The second-order valence-corrected chi connectivity index (χ2v) is 6.63. The highest BCUT2D eigenvalue weighted by Gasteiger charge is 2.20. The number of rotatable bonds is 5. The zero-order valence-electron chi connectivity index (χ0n) is 11.6. The van der Waals surface area contributed by atoms with Gasteiger partial charge in [-0.3, -0.25) is 14.4 Å². The third-order valence-electron chi connectivity index (χ3n) is 3.08. The fourth-order valence-corrected chi connectivity index (χ4v) is 3.12. The van der Waals surface area contributed by atoms with Gasteiger partial charge in [-0.25, -0.2) is 12.8 Å². The van der Waals surface area contributed by atoms with Crippen LogP contribution in [0.15, 0.2) is 48.5 Å². The van der Waals surface area contributed by atoms with Gasteiger partial charge in [0.2, 0.25) is 10.0 Å². The molecule has 0 amide bonds. The highest BCUT2D eigenvalue weighted by Crippen LogP contribution is 2.21. The van der Waals surface area contributed by atoms with E-state index in [-0.39, 0.29) is 11.4 Å². The van der Waals surface area contributed by atoms with E-state index in [2.05, 4.69) is 0 Å². The lowest BCUT2D eigenvalue weighted by Gasteiger charge is -2.19. The molecular formula is C14H13FN2O4S. The Morgan fingerprint density at radius 1 is 1.18 bits per heavy atom. The number of anilines is 1. The van der Waals surface area contributed by atoms with Crippen LogP contribution < -0.4 is 4.31 Å². The number of sulfonamides is 1. The maximum absolute atomic E-state index is 12.9. The van der Waals surface area contributed by atoms with Crippen LogP contribution in [0.5, 0.6) is 0 Å². The van der Waals surface area contributed by atoms with Gasteiger partial charge in [-0.05, 0) is 29.8 Å². The van der Waals surface area contributed by atoms with E-state index in [0.717, 1.165) is 16.4 Å². The summed E-state index contributed by atoms with van der Waals surface area (Å²) in [6.07, 6.45) is 0. The van der Waals surface area contributed by atoms with E-state index in [1.807, 2.05) is 0 Å². The standard InChI is InChI=1S/C14H13FN2O4S/c1-16(13-7-5-12(15)6-8-13)22(20,21)10-11-3-2-4-14(9-11)17(18)19/h2-9H,10H2,1H3. The molecule has 116 valence electrons. The second-order valence-electron chi connectivity index (χ2n) is 4.63. The number of nitrogens with zero attached hydrogens (tertiary/aromatic N) is 2. The number of hydrogen-bond donors (Lipinski definition) is 0. The number of non-ortho nitro benzene ring substituents is 1. The van der Waals surface area contributed by atoms with Crippen molar-refractivity contribution in [3.8, 4) is 0 Å². The molecule has 0 N–H and O–H groups in total. The van der Waals surface area contributed by atoms with Crippen LogP contribution in [0.1, 0.15) is 5.56 Å². The van der Waals surface area contributed by atoms with Gasteiger partial charge in [-0.1, -0.05) is 12.1 Å². The van der Waals surface area contributed by atoms with Crippen LogP contribution in [-0.2, 0) is 15.8 Å². The Morgan fingerprint density at radius 3 is 2.41 bits per heavy atom. The van der Waals surface area contributed by atoms with Crippen molar-refractivity contribution in [3.05, 3.63) is 70.0 Å². The maximum Gasteiger partial charge on any atom is 0.269 e. The van der Waals surface area contributed by atoms with Gasteiger partial charge < -0.3 is 0 Å². The minimum atomic E-state index is -3.73. The molecule has 22 heavy (non-hydrogen) atoms. The van der Waals surface area contributed by atoms with Gasteiger partial charge in [-0.15, -0.1) is 0 Å². The summed E-state index contributed by atoms with van der Waals surface area (Å²) < 4.78 is 38.6. The second kappa shape index (κ2) is 6.10. The van der Waals surface area contributed by atoms with Crippen LogP contribution in [-0.4, -0.2) is 20.4 Å². The monoisotopic (exact) mass is 324 g/mol. The van der Waals surface area contributed by atoms with Gasteiger partial charge in [0.25, 0.3) is 5.69 Å². The van der Waals surface area contributed by atoms with E-state index >= 15 is 0 Å². The fraction of sp³-hybridized carbons (Fsp3) is 0.143. The highest BCUT2D eigenvalue weighted by molar-refractivity contribution is 7.92. The van der Waals surface area contributed by atoms with Crippen molar-refractivity contribution in [1.82, 2.24) is 0 Å². The summed E-state index contributed by atoms with van der Waals surface area (Å²) in [5, 5.41) is 10.7. The molecule has 6 nitrogen and oxygen atoms in total. The summed E-state index contributed by atoms with van der Waals surface area (Å²) in [7, 11) is -2.39. The number of nitro benzene ring substituents is 1. The normalized spacial score (nSPS) is 11.2. The lowest BCUT2D eigenvalue weighted by Crippen LogP contribution is -2.27. The molecule has 2 rings (SSSR count). The summed E-state index contributed by atoms with van der Waals surface area (Å²) >= 11 is 0. The smallest absolute Gasteiger partial charge is 0.269 e. The fourth-order valence-electron chi connectivity index (χ4n) is 1.88. The molecule has 0 saturated heterocycles. The lowest BCUT2D eigenvalue weighted by molar-refractivity contribution is -0.384. The Hall–Kier alpha value is -2.48. The van der Waals surface area contributed by atoms with Crippen LogP contribution in [0.2, 0.25) is 0 Å². The maximum atomic E-state index is 12.9. The van der Waals surface area contributed by atoms with Crippen LogP contribution in [0.4, 0.5) is 15.8 Å². The summed E-state index contributed by atoms with van der Waals surface area (Å²) in [6.45, 7) is 0. The predicted molar refractivity (Wildman–Crippen MR) is 80.5 cm³/mol. The third-order valence-corrected chi connectivity index (χ3v) is 4.82. The zero-order valence-corrected chi connectivity index (χ0v) is 12.5. The van der Waals surface area contributed by atoms with Crippen LogP contribution in [0.25, 0.3) is 0 Å². The van der Waals surface area contributed by atoms with Crippen molar-refractivity contribution in [2.45, 2.75) is 5.75 Å². The van der Waals surface area contributed by atoms with Crippen molar-refractivity contribution < 1.29 is 17.7 Å². The van der Waals surface area contributed by atoms with Crippen LogP contribution >= 0.6 is 0 Å². The Labute approximate surface area is 127 Å². The first-order valence-corrected chi connectivity index (χ1v) is 7.86. The molecule has 0 aliphatic rings. The van der Waals surface area contributed by atoms with E-state index in [1.54, 1.807) is 0 Å². The first-order valence-electron chi connectivity index (χ1n) is 6.25. The molecule has 0 aromatic heterocycles. The van der Waals surface area contributed by atoms with E-state index < -0.39 is 20.8 Å². The summed E-state index contributed by atoms with van der Waals surface area (Å²) in [4.78, 5) is 10.1. The number of nitro groups is 1. The summed E-state index contributed by atoms with van der Waals surface area (Å²) in [6, 6.07) is 10.5. The van der Waals surface area contributed by atoms with Gasteiger partial charge in [0, 0.05) is 19.2 Å². The number of halogens is 1. The molecule has 8 heteroatoms. The Balaban J connectivity index is 2.25. The molecular weight excluding hydrogens is 311 g/mol. The van der Waals surface area contributed by atoms with Gasteiger partial charge in [-0.2, -0.15) is 0 Å². The van der Waals surface area contributed by atoms with Crippen molar-refractivity contribution in [2.75, 3.05) is 11.4 Å². The molecule has 0 aliphatic carbocycles. The molecule has 0 heterocycles. The molecule has 0 radical (unpaired) electrons. The van der Waals surface area contributed by atoms with Gasteiger partial charge in [0.05, 0.1) is 16.4 Å². The third kappa shape index (κ3) is 3.59. The highest BCUT2D eigenvalue weighted by atomic mass is 32.2. The number of benzene rings is 2. The molecule has 0 spiro atoms. The minimum absolute atomic E-state index is 0.169. The quantitative estimate of drug-likeness (QED) is 0.625. The van der Waals surface area contributed by atoms with Crippen molar-refractivity contribution >= 4 is 21.4 Å². The number of hydrogen-bond acceptors (Lipinski definition) is 4. The molecule has 0 unspecified atom stereocenters. The molecule has 0 bridgehead atoms. The SMILES string of the molecule is CN(c1ccc(F)cc1)S(=O)(=O)Cc1cccc([N+](=O)[O-])c1. The zero-order chi connectivity index (χ0) is 16.3. The molecule has 0 saturated carbocycles. The van der Waals surface area contributed by atoms with Crippen molar-refractivity contribution in [2.24, 2.45) is 0 Å². The van der Waals surface area contributed by atoms with Gasteiger partial charge >= 0.3 is 0 Å². The first kappa shape index (κ1) is 15.9. The molecule has 0 fully saturated rings. The molecule has 2 aromatic carbocycles. The van der Waals surface area contributed by atoms with E-state index in [1.165, 1.54) is 43.4 Å². The molecule has 0 aliphatic heterocycles. The lowest BCUT2D eigenvalue weighted by atomic mass is 10.2. The predicted octanol–water partition coefficient (Wildman–Crippen LogP) is 2.70. The van der Waals surface area contributed by atoms with E-state index in [9.17, 15) is 22.9 Å². The average Bonchev–Trinajstić information content (AvgIpc) is 2.47. The van der Waals surface area contributed by atoms with Crippen LogP contribution in [0, 0.1) is 15.9 Å². The Bertz CT molecular complexity index is 791. The average molecular weight is 324 g/mol. The largest absolute Gasteiger partial charge is 0.273 e. The Morgan fingerprint density at radius 2 is 1.82 bits per heavy atom. The summed E-state index contributed by atoms with van der Waals surface area (Å²) in [5.74, 6) is -0.851. The minimum Gasteiger partial charge on any atom is -0.273 e.